The van der Waals surface area contributed by atoms with Crippen molar-refractivity contribution >= 4 is 7.60 Å². The first-order chi connectivity index (χ1) is 6.18. The van der Waals surface area contributed by atoms with Crippen molar-refractivity contribution in [1.29, 1.82) is 0 Å². The predicted octanol–water partition coefficient (Wildman–Crippen LogP) is 2.64. The second-order valence-electron chi connectivity index (χ2n) is 2.70. The average Bonchev–Trinajstić information content (AvgIpc) is 2.12. The van der Waals surface area contributed by atoms with Crippen LogP contribution in [0.1, 0.15) is 26.7 Å². The minimum absolute atomic E-state index is 0.0347. The van der Waals surface area contributed by atoms with Gasteiger partial charge in [-0.25, -0.2) is 0 Å². The molecule has 0 N–H and O–H groups in total. The third-order valence-corrected chi connectivity index (χ3v) is 3.00. The normalized spacial score (nSPS) is 11.9. The molecule has 0 aliphatic heterocycles. The molecule has 0 aromatic carbocycles. The minimum atomic E-state index is -2.97. The van der Waals surface area contributed by atoms with Crippen LogP contribution in [0, 0.1) is 0 Å². The first kappa shape index (κ1) is 13.1. The summed E-state index contributed by atoms with van der Waals surface area (Å²) in [6, 6.07) is 0. The van der Waals surface area contributed by atoms with Gasteiger partial charge in [-0.05, 0) is 12.8 Å². The Bertz CT molecular complexity index is 148. The van der Waals surface area contributed by atoms with Crippen molar-refractivity contribution in [3.63, 3.8) is 0 Å². The van der Waals surface area contributed by atoms with Gasteiger partial charge >= 0.3 is 7.60 Å². The van der Waals surface area contributed by atoms with E-state index < -0.39 is 7.60 Å². The molecule has 0 saturated carbocycles. The molecule has 13 heavy (non-hydrogen) atoms. The zero-order valence-electron chi connectivity index (χ0n) is 8.62. The number of hydrogen-bond acceptors (Lipinski definition) is 4. The zero-order chi connectivity index (χ0) is 10.2. The van der Waals surface area contributed by atoms with Gasteiger partial charge in [-0.15, -0.1) is 0 Å². The lowest BCUT2D eigenvalue weighted by atomic mass is 10.5. The van der Waals surface area contributed by atoms with Crippen LogP contribution in [0.3, 0.4) is 0 Å². The topological polar surface area (TPSA) is 44.8 Å². The van der Waals surface area contributed by atoms with Gasteiger partial charge in [0, 0.05) is 7.11 Å². The molecular weight excluding hydrogens is 191 g/mol. The summed E-state index contributed by atoms with van der Waals surface area (Å²) in [5, 5.41) is 0. The third-order valence-electron chi connectivity index (χ3n) is 1.27. The lowest BCUT2D eigenvalue weighted by Gasteiger charge is -2.16. The van der Waals surface area contributed by atoms with Gasteiger partial charge in [-0.2, -0.15) is 0 Å². The fraction of sp³-hybridized carbons (Fsp3) is 1.00. The van der Waals surface area contributed by atoms with Gasteiger partial charge in [0.25, 0.3) is 0 Å². The van der Waals surface area contributed by atoms with Gasteiger partial charge in [0.05, 0.1) is 13.2 Å². The summed E-state index contributed by atoms with van der Waals surface area (Å²) in [6.07, 6.45) is 1.68. The molecule has 0 aromatic heterocycles. The predicted molar refractivity (Wildman–Crippen MR) is 52.0 cm³/mol. The summed E-state index contributed by atoms with van der Waals surface area (Å²) in [5.74, 6) is 0. The van der Waals surface area contributed by atoms with Gasteiger partial charge < -0.3 is 13.8 Å². The van der Waals surface area contributed by atoms with Gasteiger partial charge in [0.15, 0.2) is 0 Å². The lowest BCUT2D eigenvalue weighted by molar-refractivity contribution is 0.158. The molecule has 0 unspecified atom stereocenters. The number of hydrogen-bond donors (Lipinski definition) is 0. The van der Waals surface area contributed by atoms with Crippen LogP contribution in [0.2, 0.25) is 0 Å². The maximum absolute atomic E-state index is 11.8. The molecule has 0 atom stereocenters. The van der Waals surface area contributed by atoms with Crippen molar-refractivity contribution in [1.82, 2.24) is 0 Å². The van der Waals surface area contributed by atoms with E-state index in [-0.39, 0.29) is 6.35 Å². The molecule has 0 saturated heterocycles. The fourth-order valence-corrected chi connectivity index (χ4v) is 2.19. The van der Waals surface area contributed by atoms with Crippen LogP contribution >= 0.6 is 7.60 Å². The van der Waals surface area contributed by atoms with Crippen LogP contribution in [0.25, 0.3) is 0 Å². The first-order valence-electron chi connectivity index (χ1n) is 4.55. The van der Waals surface area contributed by atoms with Crippen molar-refractivity contribution in [2.75, 3.05) is 26.7 Å². The number of ether oxygens (including phenoxy) is 1. The van der Waals surface area contributed by atoms with Gasteiger partial charge in [0.2, 0.25) is 0 Å². The van der Waals surface area contributed by atoms with Gasteiger partial charge in [-0.1, -0.05) is 13.8 Å². The highest BCUT2D eigenvalue weighted by atomic mass is 31.2. The van der Waals surface area contributed by atoms with E-state index in [2.05, 4.69) is 0 Å². The molecule has 5 heteroatoms. The van der Waals surface area contributed by atoms with E-state index in [9.17, 15) is 4.57 Å². The molecular formula is C8H19O4P. The number of rotatable bonds is 8. The standard InChI is InChI=1S/C8H19O4P/c1-4-6-11-13(9,8-10-3)12-7-5-2/h4-8H2,1-3H3. The molecule has 4 nitrogen and oxygen atoms in total. The van der Waals surface area contributed by atoms with Crippen molar-refractivity contribution in [3.8, 4) is 0 Å². The summed E-state index contributed by atoms with van der Waals surface area (Å²) in [6.45, 7) is 4.81. The fourth-order valence-electron chi connectivity index (χ4n) is 0.731. The van der Waals surface area contributed by atoms with E-state index in [0.29, 0.717) is 13.2 Å². The molecule has 0 aliphatic rings. The van der Waals surface area contributed by atoms with Crippen molar-refractivity contribution < 1.29 is 18.3 Å². The summed E-state index contributed by atoms with van der Waals surface area (Å²) in [7, 11) is -1.49. The third kappa shape index (κ3) is 6.22. The molecule has 0 rings (SSSR count). The highest BCUT2D eigenvalue weighted by molar-refractivity contribution is 7.53. The summed E-state index contributed by atoms with van der Waals surface area (Å²) < 4.78 is 26.8. The maximum atomic E-state index is 11.8. The highest BCUT2D eigenvalue weighted by Crippen LogP contribution is 2.48. The molecule has 0 aliphatic carbocycles. The maximum Gasteiger partial charge on any atom is 0.356 e. The Morgan fingerprint density at radius 1 is 1.08 bits per heavy atom. The Morgan fingerprint density at radius 2 is 1.54 bits per heavy atom. The largest absolute Gasteiger partial charge is 0.372 e. The van der Waals surface area contributed by atoms with Crippen molar-refractivity contribution in [2.24, 2.45) is 0 Å². The summed E-state index contributed by atoms with van der Waals surface area (Å²) in [4.78, 5) is 0. The van der Waals surface area contributed by atoms with E-state index >= 15 is 0 Å². The van der Waals surface area contributed by atoms with Gasteiger partial charge in [0.1, 0.15) is 6.35 Å². The zero-order valence-corrected chi connectivity index (χ0v) is 9.51. The van der Waals surface area contributed by atoms with E-state index in [1.54, 1.807) is 0 Å². The Balaban J connectivity index is 3.92. The smallest absolute Gasteiger partial charge is 0.356 e. The Morgan fingerprint density at radius 3 is 1.85 bits per heavy atom. The van der Waals surface area contributed by atoms with Crippen LogP contribution in [0.5, 0.6) is 0 Å². The summed E-state index contributed by atoms with van der Waals surface area (Å²) in [5.41, 5.74) is 0. The van der Waals surface area contributed by atoms with Crippen molar-refractivity contribution in [2.45, 2.75) is 26.7 Å². The van der Waals surface area contributed by atoms with Crippen LogP contribution in [-0.4, -0.2) is 26.7 Å². The van der Waals surface area contributed by atoms with E-state index in [1.807, 2.05) is 13.8 Å². The SMILES string of the molecule is CCCOP(=O)(COC)OCCC. The molecule has 0 spiro atoms. The summed E-state index contributed by atoms with van der Waals surface area (Å²) >= 11 is 0. The second-order valence-corrected chi connectivity index (χ2v) is 4.69. The monoisotopic (exact) mass is 210 g/mol. The molecule has 0 heterocycles. The molecule has 0 fully saturated rings. The van der Waals surface area contributed by atoms with E-state index in [1.165, 1.54) is 7.11 Å². The van der Waals surface area contributed by atoms with Crippen LogP contribution < -0.4 is 0 Å². The van der Waals surface area contributed by atoms with Crippen molar-refractivity contribution in [3.05, 3.63) is 0 Å². The molecule has 0 aromatic rings. The van der Waals surface area contributed by atoms with E-state index in [4.69, 9.17) is 13.8 Å². The first-order valence-corrected chi connectivity index (χ1v) is 6.28. The highest BCUT2D eigenvalue weighted by Gasteiger charge is 2.23. The van der Waals surface area contributed by atoms with Crippen LogP contribution in [0.15, 0.2) is 0 Å². The average molecular weight is 210 g/mol. The van der Waals surface area contributed by atoms with Gasteiger partial charge in [-0.3, -0.25) is 4.57 Å². The molecule has 0 radical (unpaired) electrons. The van der Waals surface area contributed by atoms with Crippen LogP contribution in [0.4, 0.5) is 0 Å². The number of methoxy groups -OCH3 is 1. The molecule has 0 amide bonds. The quantitative estimate of drug-likeness (QED) is 0.578. The van der Waals surface area contributed by atoms with Crippen LogP contribution in [-0.2, 0) is 18.3 Å². The van der Waals surface area contributed by atoms with E-state index in [0.717, 1.165) is 12.8 Å². The minimum Gasteiger partial charge on any atom is -0.372 e. The Kier molecular flexibility index (Phi) is 7.57. The molecule has 80 valence electrons. The second kappa shape index (κ2) is 7.51. The Labute approximate surface area is 80.1 Å². The molecule has 0 bridgehead atoms. The lowest BCUT2D eigenvalue weighted by Crippen LogP contribution is -2.03. The Hall–Kier alpha value is 0.110.